The second-order valence-electron chi connectivity index (χ2n) is 6.49. The van der Waals surface area contributed by atoms with Gasteiger partial charge in [-0.25, -0.2) is 0 Å². The molecule has 0 aliphatic carbocycles. The lowest BCUT2D eigenvalue weighted by Gasteiger charge is -2.34. The molecule has 0 unspecified atom stereocenters. The van der Waals surface area contributed by atoms with Gasteiger partial charge in [-0.15, -0.1) is 0 Å². The van der Waals surface area contributed by atoms with Crippen LogP contribution in [0, 0.1) is 5.92 Å². The van der Waals surface area contributed by atoms with Crippen molar-refractivity contribution in [3.8, 4) is 0 Å². The number of hydrogen-bond acceptors (Lipinski definition) is 4. The third-order valence-electron chi connectivity index (χ3n) is 4.63. The Bertz CT molecular complexity index is 494. The molecule has 2 aliphatic rings. The molecule has 0 aromatic heterocycles. The number of benzene rings is 1. The summed E-state index contributed by atoms with van der Waals surface area (Å²) >= 11 is 0. The van der Waals surface area contributed by atoms with Crippen LogP contribution in [0.3, 0.4) is 0 Å². The monoisotopic (exact) mass is 318 g/mol. The topological polar surface area (TPSA) is 42.0 Å². The third kappa shape index (κ3) is 4.53. The average molecular weight is 318 g/mol. The molecule has 2 saturated heterocycles. The maximum Gasteiger partial charge on any atom is 0.236 e. The first-order chi connectivity index (χ1) is 11.2. The van der Waals surface area contributed by atoms with Gasteiger partial charge in [0.15, 0.2) is 6.29 Å². The van der Waals surface area contributed by atoms with E-state index in [1.807, 2.05) is 30.1 Å². The molecule has 1 aromatic rings. The molecule has 2 aliphatic heterocycles. The second-order valence-corrected chi connectivity index (χ2v) is 6.49. The van der Waals surface area contributed by atoms with Crippen molar-refractivity contribution in [3.05, 3.63) is 35.9 Å². The largest absolute Gasteiger partial charge is 0.350 e. The Balaban J connectivity index is 1.42. The standard InChI is InChI=1S/C18H26N2O3/c1-19(13-15-5-3-2-4-6-15)14-17(21)20-9-7-16(8-10-20)18-22-11-12-23-18/h2-6,16,18H,7-14H2,1H3. The lowest BCUT2D eigenvalue weighted by molar-refractivity contribution is -0.137. The Morgan fingerprint density at radius 1 is 1.17 bits per heavy atom. The van der Waals surface area contributed by atoms with E-state index in [0.717, 1.165) is 32.5 Å². The molecular weight excluding hydrogens is 292 g/mol. The van der Waals surface area contributed by atoms with Crippen molar-refractivity contribution in [2.75, 3.05) is 39.9 Å². The van der Waals surface area contributed by atoms with Crippen molar-refractivity contribution >= 4 is 5.91 Å². The molecule has 23 heavy (non-hydrogen) atoms. The molecule has 1 amide bonds. The molecule has 2 heterocycles. The zero-order valence-electron chi connectivity index (χ0n) is 13.8. The van der Waals surface area contributed by atoms with E-state index < -0.39 is 0 Å². The number of rotatable bonds is 5. The Labute approximate surface area is 138 Å². The zero-order chi connectivity index (χ0) is 16.1. The SMILES string of the molecule is CN(CC(=O)N1CCC(C2OCCO2)CC1)Cc1ccccc1. The summed E-state index contributed by atoms with van der Waals surface area (Å²) in [6.07, 6.45) is 1.89. The molecule has 0 radical (unpaired) electrons. The van der Waals surface area contributed by atoms with Crippen molar-refractivity contribution in [1.29, 1.82) is 0 Å². The molecule has 5 heteroatoms. The van der Waals surface area contributed by atoms with Gasteiger partial charge in [-0.05, 0) is 25.5 Å². The van der Waals surface area contributed by atoms with Gasteiger partial charge in [-0.1, -0.05) is 30.3 Å². The van der Waals surface area contributed by atoms with Gasteiger partial charge < -0.3 is 14.4 Å². The highest BCUT2D eigenvalue weighted by atomic mass is 16.7. The number of piperidine rings is 1. The first kappa shape index (κ1) is 16.4. The minimum absolute atomic E-state index is 0.0481. The van der Waals surface area contributed by atoms with Gasteiger partial charge in [0.25, 0.3) is 0 Å². The average Bonchev–Trinajstić information content (AvgIpc) is 3.10. The van der Waals surface area contributed by atoms with Crippen molar-refractivity contribution in [3.63, 3.8) is 0 Å². The smallest absolute Gasteiger partial charge is 0.236 e. The number of hydrogen-bond donors (Lipinski definition) is 0. The van der Waals surface area contributed by atoms with Crippen LogP contribution in [0.25, 0.3) is 0 Å². The molecule has 0 atom stereocenters. The molecule has 1 aromatic carbocycles. The summed E-state index contributed by atoms with van der Waals surface area (Å²) in [5.41, 5.74) is 1.23. The van der Waals surface area contributed by atoms with Crippen molar-refractivity contribution in [2.45, 2.75) is 25.7 Å². The zero-order valence-corrected chi connectivity index (χ0v) is 13.8. The predicted molar refractivity (Wildman–Crippen MR) is 87.8 cm³/mol. The summed E-state index contributed by atoms with van der Waals surface area (Å²) in [4.78, 5) is 16.5. The van der Waals surface area contributed by atoms with Crippen LogP contribution in [0.4, 0.5) is 0 Å². The first-order valence-electron chi connectivity index (χ1n) is 8.46. The lowest BCUT2D eigenvalue weighted by Crippen LogP contribution is -2.45. The second kappa shape index (κ2) is 7.90. The highest BCUT2D eigenvalue weighted by Gasteiger charge is 2.31. The molecule has 0 bridgehead atoms. The molecule has 0 spiro atoms. The van der Waals surface area contributed by atoms with E-state index in [9.17, 15) is 4.79 Å². The quantitative estimate of drug-likeness (QED) is 0.829. The van der Waals surface area contributed by atoms with Gasteiger partial charge >= 0.3 is 0 Å². The van der Waals surface area contributed by atoms with E-state index in [4.69, 9.17) is 9.47 Å². The van der Waals surface area contributed by atoms with Crippen molar-refractivity contribution < 1.29 is 14.3 Å². The minimum atomic E-state index is -0.0481. The Hall–Kier alpha value is -1.43. The van der Waals surface area contributed by atoms with E-state index in [2.05, 4.69) is 17.0 Å². The summed E-state index contributed by atoms with van der Waals surface area (Å²) in [6, 6.07) is 10.3. The summed E-state index contributed by atoms with van der Waals surface area (Å²) < 4.78 is 11.2. The number of ether oxygens (including phenoxy) is 2. The normalized spacial score (nSPS) is 20.3. The Kier molecular flexibility index (Phi) is 5.65. The lowest BCUT2D eigenvalue weighted by atomic mass is 9.96. The first-order valence-corrected chi connectivity index (χ1v) is 8.46. The van der Waals surface area contributed by atoms with Gasteiger partial charge in [0.05, 0.1) is 19.8 Å². The van der Waals surface area contributed by atoms with Crippen LogP contribution in [0.5, 0.6) is 0 Å². The van der Waals surface area contributed by atoms with E-state index in [1.54, 1.807) is 0 Å². The fraction of sp³-hybridized carbons (Fsp3) is 0.611. The van der Waals surface area contributed by atoms with Crippen LogP contribution in [-0.2, 0) is 20.8 Å². The van der Waals surface area contributed by atoms with Crippen LogP contribution >= 0.6 is 0 Å². The summed E-state index contributed by atoms with van der Waals surface area (Å²) in [5.74, 6) is 0.652. The van der Waals surface area contributed by atoms with Gasteiger partial charge in [0.2, 0.25) is 5.91 Å². The maximum atomic E-state index is 12.4. The molecule has 2 fully saturated rings. The molecule has 0 saturated carbocycles. The predicted octanol–water partition coefficient (Wildman–Crippen LogP) is 1.73. The number of carbonyl (C=O) groups is 1. The number of likely N-dealkylation sites (N-methyl/N-ethyl adjacent to an activating group) is 1. The molecule has 126 valence electrons. The van der Waals surface area contributed by atoms with Gasteiger partial charge in [-0.2, -0.15) is 0 Å². The van der Waals surface area contributed by atoms with Crippen LogP contribution in [0.15, 0.2) is 30.3 Å². The molecule has 5 nitrogen and oxygen atoms in total. The fourth-order valence-electron chi connectivity index (χ4n) is 3.35. The van der Waals surface area contributed by atoms with Crippen molar-refractivity contribution in [2.24, 2.45) is 5.92 Å². The van der Waals surface area contributed by atoms with E-state index in [1.165, 1.54) is 5.56 Å². The van der Waals surface area contributed by atoms with Gasteiger partial charge in [0, 0.05) is 25.6 Å². The number of carbonyl (C=O) groups excluding carboxylic acids is 1. The van der Waals surface area contributed by atoms with Gasteiger partial charge in [-0.3, -0.25) is 9.69 Å². The molecule has 0 N–H and O–H groups in total. The third-order valence-corrected chi connectivity index (χ3v) is 4.63. The molecular formula is C18H26N2O3. The number of amides is 1. The van der Waals surface area contributed by atoms with Crippen molar-refractivity contribution in [1.82, 2.24) is 9.80 Å². The minimum Gasteiger partial charge on any atom is -0.350 e. The van der Waals surface area contributed by atoms with Crippen LogP contribution < -0.4 is 0 Å². The Morgan fingerprint density at radius 3 is 2.48 bits per heavy atom. The highest BCUT2D eigenvalue weighted by Crippen LogP contribution is 2.25. The number of likely N-dealkylation sites (tertiary alicyclic amines) is 1. The van der Waals surface area contributed by atoms with E-state index in [0.29, 0.717) is 25.7 Å². The summed E-state index contributed by atoms with van der Waals surface area (Å²) in [5, 5.41) is 0. The van der Waals surface area contributed by atoms with Gasteiger partial charge in [0.1, 0.15) is 0 Å². The summed E-state index contributed by atoms with van der Waals surface area (Å²) in [6.45, 7) is 4.29. The van der Waals surface area contributed by atoms with E-state index in [-0.39, 0.29) is 12.2 Å². The number of nitrogens with zero attached hydrogens (tertiary/aromatic N) is 2. The van der Waals surface area contributed by atoms with E-state index >= 15 is 0 Å². The van der Waals surface area contributed by atoms with Crippen LogP contribution in [-0.4, -0.2) is 61.9 Å². The summed E-state index contributed by atoms with van der Waals surface area (Å²) in [7, 11) is 2.00. The fourth-order valence-corrected chi connectivity index (χ4v) is 3.35. The van der Waals surface area contributed by atoms with Crippen LogP contribution in [0.1, 0.15) is 18.4 Å². The highest BCUT2D eigenvalue weighted by molar-refractivity contribution is 5.78. The molecule has 3 rings (SSSR count). The Morgan fingerprint density at radius 2 is 1.83 bits per heavy atom. The maximum absolute atomic E-state index is 12.4. The van der Waals surface area contributed by atoms with Crippen LogP contribution in [0.2, 0.25) is 0 Å².